The Labute approximate surface area is 176 Å². The van der Waals surface area contributed by atoms with Gasteiger partial charge in [0, 0.05) is 35.5 Å². The van der Waals surface area contributed by atoms with Gasteiger partial charge in [-0.3, -0.25) is 0 Å². The minimum atomic E-state index is -0.460. The van der Waals surface area contributed by atoms with Gasteiger partial charge >= 0.3 is 5.97 Å². The number of halogens is 1. The summed E-state index contributed by atoms with van der Waals surface area (Å²) in [5.74, 6) is -0.458. The number of esters is 1. The lowest BCUT2D eigenvalue weighted by atomic mass is 9.74. The summed E-state index contributed by atoms with van der Waals surface area (Å²) in [4.78, 5) is 12.1. The Morgan fingerprint density at radius 2 is 2.21 bits per heavy atom. The molecule has 6 nitrogen and oxygen atoms in total. The number of aliphatic hydroxyl groups is 1. The number of nitrogens with one attached hydrogen (secondary N) is 2. The molecular weight excluding hydrogens is 392 g/mol. The summed E-state index contributed by atoms with van der Waals surface area (Å²) < 4.78 is 10.9. The van der Waals surface area contributed by atoms with Crippen molar-refractivity contribution >= 4 is 29.5 Å². The van der Waals surface area contributed by atoms with Crippen LogP contribution >= 0.6 is 11.6 Å². The molecule has 0 spiro atoms. The van der Waals surface area contributed by atoms with Gasteiger partial charge in [0.25, 0.3) is 0 Å². The number of anilines is 1. The zero-order valence-corrected chi connectivity index (χ0v) is 17.7. The lowest BCUT2D eigenvalue weighted by molar-refractivity contribution is -0.139. The topological polar surface area (TPSA) is 91.6 Å². The third-order valence-electron chi connectivity index (χ3n) is 5.74. The molecule has 1 aliphatic carbocycles. The molecule has 3 atom stereocenters. The van der Waals surface area contributed by atoms with Gasteiger partial charge in [0.15, 0.2) is 0 Å². The molecule has 2 unspecified atom stereocenters. The molecule has 1 aromatic rings. The van der Waals surface area contributed by atoms with Crippen molar-refractivity contribution in [1.29, 1.82) is 5.41 Å². The molecule has 158 valence electrons. The molecule has 1 fully saturated rings. The Bertz CT molecular complexity index is 802. The second kappa shape index (κ2) is 9.63. The van der Waals surface area contributed by atoms with Gasteiger partial charge in [0.05, 0.1) is 12.2 Å². The standard InChI is InChI=1S/C22H29ClN2O4/c1-3-28-22(27)15-10-13(2)14(11-19(15)26)21-16(12-24)18(8-7-17(21)23)25-20-6-4-5-9-29-20/h7-8,12-14,20,24-26H,3-6,9-11H2,1-2H3/t13-,14?,20?/m1/s1. The van der Waals surface area contributed by atoms with E-state index in [1.807, 2.05) is 19.1 Å². The van der Waals surface area contributed by atoms with Gasteiger partial charge in [-0.25, -0.2) is 4.79 Å². The van der Waals surface area contributed by atoms with E-state index in [0.29, 0.717) is 29.0 Å². The zero-order chi connectivity index (χ0) is 21.0. The smallest absolute Gasteiger partial charge is 0.337 e. The minimum Gasteiger partial charge on any atom is -0.512 e. The second-order valence-electron chi connectivity index (χ2n) is 7.70. The molecule has 0 amide bonds. The highest BCUT2D eigenvalue weighted by molar-refractivity contribution is 6.32. The van der Waals surface area contributed by atoms with Gasteiger partial charge in [-0.05, 0) is 62.1 Å². The van der Waals surface area contributed by atoms with Gasteiger partial charge in [-0.2, -0.15) is 0 Å². The molecule has 1 saturated heterocycles. The van der Waals surface area contributed by atoms with E-state index < -0.39 is 5.97 Å². The van der Waals surface area contributed by atoms with Crippen molar-refractivity contribution in [3.8, 4) is 0 Å². The summed E-state index contributed by atoms with van der Waals surface area (Å²) >= 11 is 6.57. The number of rotatable bonds is 6. The van der Waals surface area contributed by atoms with Crippen LogP contribution in [0.1, 0.15) is 63.0 Å². The predicted octanol–water partition coefficient (Wildman–Crippen LogP) is 5.16. The number of hydrogen-bond donors (Lipinski definition) is 3. The summed E-state index contributed by atoms with van der Waals surface area (Å²) in [6, 6.07) is 3.70. The van der Waals surface area contributed by atoms with Crippen LogP contribution in [0.4, 0.5) is 5.69 Å². The molecule has 0 saturated carbocycles. The summed E-state index contributed by atoms with van der Waals surface area (Å²) in [5, 5.41) is 22.5. The maximum absolute atomic E-state index is 12.1. The third-order valence-corrected chi connectivity index (χ3v) is 6.07. The summed E-state index contributed by atoms with van der Waals surface area (Å²) in [6.07, 6.45) is 5.01. The molecule has 1 heterocycles. The van der Waals surface area contributed by atoms with Gasteiger partial charge in [-0.1, -0.05) is 18.5 Å². The molecule has 3 N–H and O–H groups in total. The number of allylic oxidation sites excluding steroid dienone is 1. The SMILES string of the molecule is CCOC(=O)C1=C(O)CC(c2c(Cl)ccc(NC3CCCCO3)c2C=N)[C@H](C)C1. The normalized spacial score (nSPS) is 24.9. The van der Waals surface area contributed by atoms with E-state index in [9.17, 15) is 9.90 Å². The van der Waals surface area contributed by atoms with Gasteiger partial charge in [-0.15, -0.1) is 0 Å². The maximum atomic E-state index is 12.1. The van der Waals surface area contributed by atoms with E-state index in [1.165, 1.54) is 6.21 Å². The number of ether oxygens (including phenoxy) is 2. The summed E-state index contributed by atoms with van der Waals surface area (Å²) in [5.41, 5.74) is 2.67. The fourth-order valence-electron chi connectivity index (χ4n) is 4.22. The van der Waals surface area contributed by atoms with Crippen LogP contribution in [0, 0.1) is 11.3 Å². The Hall–Kier alpha value is -2.05. The van der Waals surface area contributed by atoms with Crippen molar-refractivity contribution in [2.45, 2.75) is 58.1 Å². The highest BCUT2D eigenvalue weighted by Crippen LogP contribution is 2.45. The maximum Gasteiger partial charge on any atom is 0.337 e. The van der Waals surface area contributed by atoms with Crippen molar-refractivity contribution in [2.24, 2.45) is 5.92 Å². The number of benzene rings is 1. The molecule has 2 aliphatic rings. The average molecular weight is 421 g/mol. The molecule has 7 heteroatoms. The molecule has 0 radical (unpaired) electrons. The first-order valence-corrected chi connectivity index (χ1v) is 10.6. The summed E-state index contributed by atoms with van der Waals surface area (Å²) in [7, 11) is 0. The minimum absolute atomic E-state index is 0.0486. The molecule has 3 rings (SSSR count). The van der Waals surface area contributed by atoms with Crippen LogP contribution < -0.4 is 5.32 Å². The van der Waals surface area contributed by atoms with Crippen molar-refractivity contribution in [3.63, 3.8) is 0 Å². The lowest BCUT2D eigenvalue weighted by Gasteiger charge is -2.33. The first-order valence-electron chi connectivity index (χ1n) is 10.2. The van der Waals surface area contributed by atoms with E-state index in [1.54, 1.807) is 6.92 Å². The van der Waals surface area contributed by atoms with Crippen molar-refractivity contribution in [2.75, 3.05) is 18.5 Å². The fraction of sp³-hybridized carbons (Fsp3) is 0.545. The molecule has 0 bridgehead atoms. The van der Waals surface area contributed by atoms with Crippen molar-refractivity contribution in [1.82, 2.24) is 0 Å². The predicted molar refractivity (Wildman–Crippen MR) is 114 cm³/mol. The Morgan fingerprint density at radius 1 is 1.41 bits per heavy atom. The van der Waals surface area contributed by atoms with Crippen LogP contribution in [0.2, 0.25) is 5.02 Å². The van der Waals surface area contributed by atoms with E-state index in [-0.39, 0.29) is 30.4 Å². The fourth-order valence-corrected chi connectivity index (χ4v) is 4.52. The van der Waals surface area contributed by atoms with Crippen molar-refractivity contribution in [3.05, 3.63) is 39.6 Å². The van der Waals surface area contributed by atoms with E-state index >= 15 is 0 Å². The summed E-state index contributed by atoms with van der Waals surface area (Å²) in [6.45, 7) is 4.78. The number of aliphatic hydroxyl groups excluding tert-OH is 1. The molecule has 0 aromatic heterocycles. The highest BCUT2D eigenvalue weighted by atomic mass is 35.5. The number of carbonyl (C=O) groups is 1. The van der Waals surface area contributed by atoms with Gasteiger partial charge in [0.1, 0.15) is 12.0 Å². The lowest BCUT2D eigenvalue weighted by Crippen LogP contribution is -2.28. The largest absolute Gasteiger partial charge is 0.512 e. The molecule has 29 heavy (non-hydrogen) atoms. The zero-order valence-electron chi connectivity index (χ0n) is 17.0. The van der Waals surface area contributed by atoms with Crippen LogP contribution in [-0.4, -0.2) is 36.7 Å². The van der Waals surface area contributed by atoms with Crippen LogP contribution in [0.5, 0.6) is 0 Å². The highest BCUT2D eigenvalue weighted by Gasteiger charge is 2.34. The molecule has 1 aliphatic heterocycles. The van der Waals surface area contributed by atoms with Crippen LogP contribution in [0.15, 0.2) is 23.5 Å². The van der Waals surface area contributed by atoms with E-state index in [0.717, 1.165) is 37.1 Å². The Kier molecular flexibility index (Phi) is 7.19. The van der Waals surface area contributed by atoms with E-state index in [2.05, 4.69) is 5.32 Å². The quantitative estimate of drug-likeness (QED) is 0.436. The number of carbonyl (C=O) groups excluding carboxylic acids is 1. The second-order valence-corrected chi connectivity index (χ2v) is 8.11. The van der Waals surface area contributed by atoms with Crippen molar-refractivity contribution < 1.29 is 19.4 Å². The van der Waals surface area contributed by atoms with Gasteiger partial charge < -0.3 is 25.3 Å². The Morgan fingerprint density at radius 3 is 2.86 bits per heavy atom. The van der Waals surface area contributed by atoms with Crippen LogP contribution in [-0.2, 0) is 14.3 Å². The monoisotopic (exact) mass is 420 g/mol. The Balaban J connectivity index is 1.92. The van der Waals surface area contributed by atoms with E-state index in [4.69, 9.17) is 26.5 Å². The first-order chi connectivity index (χ1) is 14.0. The average Bonchev–Trinajstić information content (AvgIpc) is 2.71. The molecular formula is C22H29ClN2O4. The number of hydrogen-bond acceptors (Lipinski definition) is 6. The van der Waals surface area contributed by atoms with Crippen LogP contribution in [0.3, 0.4) is 0 Å². The molecule has 1 aromatic carbocycles. The third kappa shape index (κ3) is 4.75. The first kappa shape index (κ1) is 21.7. The van der Waals surface area contributed by atoms with Crippen LogP contribution in [0.25, 0.3) is 0 Å². The van der Waals surface area contributed by atoms with Gasteiger partial charge in [0.2, 0.25) is 0 Å².